The second-order valence-corrected chi connectivity index (χ2v) is 8.61. The maximum atomic E-state index is 11.4. The van der Waals surface area contributed by atoms with Crippen molar-refractivity contribution in [3.8, 4) is 0 Å². The fraction of sp³-hybridized carbons (Fsp3) is 0.833. The molecule has 0 aromatic carbocycles. The first-order chi connectivity index (χ1) is 13.7. The standard InChI is InChI=1S/C8H16N2.2C2HF5O3S.Ir/c1-5-10-8(3)6-7(2)9(10)4;2*3-1(4,5)2(6,7)11(8,9)10;/h6,8H,5H2,1-4H3;2*(H,8,9,10);/p-2. The van der Waals surface area contributed by atoms with Gasteiger partial charge in [-0.1, -0.05) is 6.92 Å². The molecule has 1 radical (unpaired) electrons. The summed E-state index contributed by atoms with van der Waals surface area (Å²) in [7, 11) is -11.2. The number of alkyl halides is 10. The van der Waals surface area contributed by atoms with Crippen molar-refractivity contribution in [1.29, 1.82) is 0 Å². The van der Waals surface area contributed by atoms with Gasteiger partial charge < -0.3 is 14.1 Å². The second kappa shape index (κ2) is 11.8. The zero-order chi connectivity index (χ0) is 26.7. The van der Waals surface area contributed by atoms with Crippen LogP contribution in [-0.2, 0) is 40.3 Å². The number of nitrogens with zero attached hydrogens (tertiary/aromatic N) is 2. The van der Waals surface area contributed by atoms with Crippen LogP contribution >= 0.6 is 0 Å². The molecule has 0 spiro atoms. The van der Waals surface area contributed by atoms with E-state index in [1.54, 1.807) is 0 Å². The summed E-state index contributed by atoms with van der Waals surface area (Å²) < 4.78 is 167. The van der Waals surface area contributed by atoms with E-state index in [1.165, 1.54) is 5.70 Å². The van der Waals surface area contributed by atoms with Crippen LogP contribution in [0.25, 0.3) is 0 Å². The second-order valence-electron chi connectivity index (χ2n) is 5.77. The smallest absolute Gasteiger partial charge is 0.468 e. The minimum absolute atomic E-state index is 0. The summed E-state index contributed by atoms with van der Waals surface area (Å²) in [5.41, 5.74) is 1.36. The van der Waals surface area contributed by atoms with Crippen molar-refractivity contribution in [1.82, 2.24) is 10.0 Å². The molecule has 1 aliphatic rings. The minimum atomic E-state index is -6.67. The van der Waals surface area contributed by atoms with E-state index in [-0.39, 0.29) is 20.1 Å². The Hall–Kier alpha value is -0.731. The summed E-state index contributed by atoms with van der Waals surface area (Å²) >= 11 is 0. The number of likely N-dealkylation sites (N-methyl/N-ethyl adjacent to an activating group) is 1. The van der Waals surface area contributed by atoms with Crippen molar-refractivity contribution in [3.05, 3.63) is 11.8 Å². The number of rotatable bonds is 3. The molecule has 8 nitrogen and oxygen atoms in total. The van der Waals surface area contributed by atoms with E-state index in [1.807, 2.05) is 0 Å². The van der Waals surface area contributed by atoms with Gasteiger partial charge in [-0.05, 0) is 19.9 Å². The van der Waals surface area contributed by atoms with Gasteiger partial charge in [0, 0.05) is 45.4 Å². The Morgan fingerprint density at radius 2 is 1.12 bits per heavy atom. The molecule has 0 amide bonds. The van der Waals surface area contributed by atoms with E-state index >= 15 is 0 Å². The van der Waals surface area contributed by atoms with Gasteiger partial charge in [-0.15, -0.1) is 0 Å². The van der Waals surface area contributed by atoms with Crippen molar-refractivity contribution in [3.63, 3.8) is 0 Å². The number of hydrogen-bond acceptors (Lipinski definition) is 8. The third-order valence-corrected chi connectivity index (χ3v) is 5.18. The van der Waals surface area contributed by atoms with Gasteiger partial charge in [-0.3, -0.25) is 0 Å². The Morgan fingerprint density at radius 1 is 0.848 bits per heavy atom. The molecule has 0 bridgehead atoms. The van der Waals surface area contributed by atoms with Crippen molar-refractivity contribution < 1.29 is 90.0 Å². The third-order valence-electron chi connectivity index (χ3n) is 3.46. The van der Waals surface area contributed by atoms with Crippen molar-refractivity contribution in [2.45, 2.75) is 49.7 Å². The van der Waals surface area contributed by atoms with E-state index in [2.05, 4.69) is 43.9 Å². The molecule has 1 rings (SSSR count). The van der Waals surface area contributed by atoms with Crippen LogP contribution in [0.4, 0.5) is 43.9 Å². The predicted molar refractivity (Wildman–Crippen MR) is 84.8 cm³/mol. The van der Waals surface area contributed by atoms with Crippen LogP contribution in [0.15, 0.2) is 11.8 Å². The van der Waals surface area contributed by atoms with Gasteiger partial charge in [-0.2, -0.15) is 43.9 Å². The molecule has 33 heavy (non-hydrogen) atoms. The van der Waals surface area contributed by atoms with Gasteiger partial charge in [0.05, 0.1) is 0 Å². The molecule has 0 aliphatic carbocycles. The molecule has 0 saturated heterocycles. The third kappa shape index (κ3) is 9.44. The number of allylic oxidation sites excluding steroid dienone is 1. The first-order valence-corrected chi connectivity index (χ1v) is 10.5. The SMILES string of the molecule is CCN1C(C)C=C(C)N1C.O=S(=O)([O-])C(F)(F)C(F)(F)F.O=S(=O)([O-])C(F)(F)C(F)(F)F.[Ir]. The van der Waals surface area contributed by atoms with Crippen molar-refractivity contribution in [2.24, 2.45) is 0 Å². The Morgan fingerprint density at radius 3 is 1.18 bits per heavy atom. The summed E-state index contributed by atoms with van der Waals surface area (Å²) in [5.74, 6) is 0. The molecule has 1 heterocycles. The molecule has 0 aromatic heterocycles. The largest absolute Gasteiger partial charge is 0.743 e. The maximum absolute atomic E-state index is 11.4. The molecular formula is C12H16F10IrN2O6S2-2. The molecule has 1 aliphatic heterocycles. The Balaban J connectivity index is -0.000000403. The van der Waals surface area contributed by atoms with Gasteiger partial charge >= 0.3 is 22.9 Å². The summed E-state index contributed by atoms with van der Waals surface area (Å²) in [6.45, 7) is 7.63. The van der Waals surface area contributed by atoms with Gasteiger partial charge in [0.2, 0.25) is 0 Å². The van der Waals surface area contributed by atoms with Crippen LogP contribution in [0.3, 0.4) is 0 Å². The van der Waals surface area contributed by atoms with E-state index in [0.29, 0.717) is 6.04 Å². The first kappa shape index (κ1) is 36.8. The average Bonchev–Trinajstić information content (AvgIpc) is 2.76. The normalized spacial score (nSPS) is 18.4. The molecule has 0 fully saturated rings. The van der Waals surface area contributed by atoms with Crippen LogP contribution < -0.4 is 0 Å². The molecule has 1 atom stereocenters. The molecule has 1 unspecified atom stereocenters. The van der Waals surface area contributed by atoms with Crippen molar-refractivity contribution >= 4 is 20.2 Å². The van der Waals surface area contributed by atoms with Gasteiger partial charge in [0.15, 0.2) is 20.2 Å². The molecular weight excluding hydrogens is 714 g/mol. The topological polar surface area (TPSA) is 121 Å². The molecule has 203 valence electrons. The van der Waals surface area contributed by atoms with E-state index in [4.69, 9.17) is 0 Å². The Kier molecular flexibility index (Phi) is 13.2. The summed E-state index contributed by atoms with van der Waals surface area (Å²) in [6, 6.07) is 0.579. The molecule has 0 aromatic rings. The predicted octanol–water partition coefficient (Wildman–Crippen LogP) is 2.83. The number of hydrazine groups is 1. The zero-order valence-corrected chi connectivity index (χ0v) is 20.7. The molecule has 0 N–H and O–H groups in total. The Labute approximate surface area is 195 Å². The zero-order valence-electron chi connectivity index (χ0n) is 16.6. The van der Waals surface area contributed by atoms with Gasteiger partial charge in [0.25, 0.3) is 0 Å². The van der Waals surface area contributed by atoms with E-state index in [9.17, 15) is 69.8 Å². The minimum Gasteiger partial charge on any atom is -0.743 e. The monoisotopic (exact) mass is 731 g/mol. The van der Waals surface area contributed by atoms with Crippen molar-refractivity contribution in [2.75, 3.05) is 13.6 Å². The van der Waals surface area contributed by atoms with Gasteiger partial charge in [-0.25, -0.2) is 21.8 Å². The molecule has 0 saturated carbocycles. The van der Waals surface area contributed by atoms with E-state index < -0.39 is 43.1 Å². The molecule has 21 heteroatoms. The first-order valence-electron chi connectivity index (χ1n) is 7.65. The van der Waals surface area contributed by atoms with Crippen LogP contribution in [0.1, 0.15) is 20.8 Å². The summed E-state index contributed by atoms with van der Waals surface area (Å²) in [4.78, 5) is 0. The van der Waals surface area contributed by atoms with Crippen LogP contribution in [-0.4, -0.2) is 78.5 Å². The van der Waals surface area contributed by atoms with Gasteiger partial charge in [0.1, 0.15) is 0 Å². The quantitative estimate of drug-likeness (QED) is 0.322. The number of halogens is 10. The van der Waals surface area contributed by atoms with Crippen LogP contribution in [0, 0.1) is 0 Å². The fourth-order valence-electron chi connectivity index (χ4n) is 1.80. The van der Waals surface area contributed by atoms with Crippen LogP contribution in [0.5, 0.6) is 0 Å². The maximum Gasteiger partial charge on any atom is 0.468 e. The summed E-state index contributed by atoms with van der Waals surface area (Å²) in [5, 5.41) is -7.88. The summed E-state index contributed by atoms with van der Waals surface area (Å²) in [6.07, 6.45) is -10.4. The number of hydrogen-bond donors (Lipinski definition) is 0. The fourth-order valence-corrected chi connectivity index (χ4v) is 2.37. The van der Waals surface area contributed by atoms with E-state index in [0.717, 1.165) is 6.54 Å². The Bertz CT molecular complexity index is 820. The van der Waals surface area contributed by atoms with Crippen LogP contribution in [0.2, 0.25) is 0 Å². The average molecular weight is 731 g/mol.